The fourth-order valence-corrected chi connectivity index (χ4v) is 12.3. The van der Waals surface area contributed by atoms with E-state index in [1.807, 2.05) is 0 Å². The average Bonchev–Trinajstić information content (AvgIpc) is 3.46. The van der Waals surface area contributed by atoms with Crippen molar-refractivity contribution in [2.75, 3.05) is 72.6 Å². The standard InChI is InChI=1S/C26H47ClN2O12P2S/c1-7-38-42(32,39-8-2)26(43(33,40-9-3)41-10-4)19-28(18-25(36-5)37-6)14-15-44(34,35)29-13-11-12-22(29)20-16-21(27)24(31)17-23(20)30/h16-17,22,25-26,30-31H,7-15,18-19H2,1-6H3. The molecule has 1 aliphatic heterocycles. The van der Waals surface area contributed by atoms with E-state index in [0.29, 0.717) is 12.8 Å². The molecule has 2 N–H and O–H groups in total. The summed E-state index contributed by atoms with van der Waals surface area (Å²) in [6.07, 6.45) is 0.166. The zero-order valence-electron chi connectivity index (χ0n) is 26.2. The number of benzene rings is 1. The maximum absolute atomic E-state index is 14.1. The molecule has 18 heteroatoms. The van der Waals surface area contributed by atoms with Crippen molar-refractivity contribution in [3.8, 4) is 11.5 Å². The van der Waals surface area contributed by atoms with E-state index in [-0.39, 0.29) is 74.7 Å². The van der Waals surface area contributed by atoms with Crippen LogP contribution in [0.2, 0.25) is 5.02 Å². The Morgan fingerprint density at radius 2 is 1.45 bits per heavy atom. The summed E-state index contributed by atoms with van der Waals surface area (Å²) >= 11 is 6.07. The van der Waals surface area contributed by atoms with Crippen LogP contribution in [0.4, 0.5) is 0 Å². The second-order valence-corrected chi connectivity index (χ2v) is 17.1. The number of hydrogen-bond acceptors (Lipinski definition) is 13. The summed E-state index contributed by atoms with van der Waals surface area (Å²) in [6.45, 7) is 6.28. The van der Waals surface area contributed by atoms with Crippen LogP contribution in [0.25, 0.3) is 0 Å². The van der Waals surface area contributed by atoms with E-state index in [9.17, 15) is 27.8 Å². The van der Waals surface area contributed by atoms with E-state index in [1.165, 1.54) is 24.6 Å². The SMILES string of the molecule is CCOP(=O)(OCC)C(CN(CCS(=O)(=O)N1CCCC1c1cc(Cl)c(O)cc1O)CC(OC)OC)P(=O)(OCC)OCC. The Bertz CT molecular complexity index is 1200. The minimum absolute atomic E-state index is 0.00725. The van der Waals surface area contributed by atoms with Crippen molar-refractivity contribution in [2.45, 2.75) is 58.3 Å². The molecule has 1 unspecified atom stereocenters. The minimum atomic E-state index is -4.13. The summed E-state index contributed by atoms with van der Waals surface area (Å²) in [5.41, 5.74) is 0.286. The Kier molecular flexibility index (Phi) is 16.1. The summed E-state index contributed by atoms with van der Waals surface area (Å²) in [5, 5.41) is 18.9. The Hall–Kier alpha value is -0.800. The third kappa shape index (κ3) is 10.1. The van der Waals surface area contributed by atoms with E-state index >= 15 is 0 Å². The van der Waals surface area contributed by atoms with Gasteiger partial charge in [-0.2, -0.15) is 4.31 Å². The predicted molar refractivity (Wildman–Crippen MR) is 167 cm³/mol. The van der Waals surface area contributed by atoms with Gasteiger partial charge in [-0.3, -0.25) is 14.0 Å². The van der Waals surface area contributed by atoms with Crippen LogP contribution in [0.15, 0.2) is 12.1 Å². The molecule has 1 saturated heterocycles. The van der Waals surface area contributed by atoms with Gasteiger partial charge >= 0.3 is 15.2 Å². The van der Waals surface area contributed by atoms with E-state index in [1.54, 1.807) is 32.6 Å². The Labute approximate surface area is 266 Å². The van der Waals surface area contributed by atoms with Gasteiger partial charge < -0.3 is 37.8 Å². The molecule has 0 spiro atoms. The first-order valence-electron chi connectivity index (χ1n) is 14.5. The molecule has 1 aromatic carbocycles. The van der Waals surface area contributed by atoms with Crippen molar-refractivity contribution in [3.63, 3.8) is 0 Å². The van der Waals surface area contributed by atoms with Gasteiger partial charge in [-0.1, -0.05) is 11.6 Å². The van der Waals surface area contributed by atoms with Crippen LogP contribution in [0.1, 0.15) is 52.1 Å². The molecule has 0 aromatic heterocycles. The summed E-state index contributed by atoms with van der Waals surface area (Å²) in [6, 6.07) is 1.75. The van der Waals surface area contributed by atoms with E-state index in [4.69, 9.17) is 39.2 Å². The summed E-state index contributed by atoms with van der Waals surface area (Å²) < 4.78 is 90.1. The number of nitrogens with zero attached hydrogens (tertiary/aromatic N) is 2. The van der Waals surface area contributed by atoms with Crippen molar-refractivity contribution < 1.29 is 55.3 Å². The first-order valence-corrected chi connectivity index (χ1v) is 19.7. The molecule has 1 heterocycles. The second-order valence-electron chi connectivity index (χ2n) is 9.84. The summed E-state index contributed by atoms with van der Waals surface area (Å²) in [4.78, 5) is 1.59. The third-order valence-electron chi connectivity index (χ3n) is 7.00. The number of phenols is 2. The van der Waals surface area contributed by atoms with Crippen molar-refractivity contribution in [1.82, 2.24) is 9.21 Å². The van der Waals surface area contributed by atoms with Crippen LogP contribution >= 0.6 is 26.8 Å². The summed E-state index contributed by atoms with van der Waals surface area (Å²) in [7, 11) is -9.38. The van der Waals surface area contributed by atoms with Gasteiger partial charge in [0.2, 0.25) is 10.0 Å². The zero-order valence-corrected chi connectivity index (χ0v) is 29.6. The van der Waals surface area contributed by atoms with Crippen LogP contribution in [0.3, 0.4) is 0 Å². The molecule has 1 fully saturated rings. The minimum Gasteiger partial charge on any atom is -0.507 e. The van der Waals surface area contributed by atoms with Gasteiger partial charge in [-0.25, -0.2) is 8.42 Å². The summed E-state index contributed by atoms with van der Waals surface area (Å²) in [5.74, 6) is -0.981. The van der Waals surface area contributed by atoms with Gasteiger partial charge in [-0.15, -0.1) is 0 Å². The van der Waals surface area contributed by atoms with E-state index in [0.717, 1.165) is 6.07 Å². The molecular weight excluding hydrogens is 662 g/mol. The fourth-order valence-electron chi connectivity index (χ4n) is 5.03. The van der Waals surface area contributed by atoms with Crippen molar-refractivity contribution in [1.29, 1.82) is 0 Å². The third-order valence-corrected chi connectivity index (χ3v) is 15.1. The molecule has 0 bridgehead atoms. The van der Waals surface area contributed by atoms with Crippen LogP contribution < -0.4 is 0 Å². The molecule has 2 rings (SSSR count). The monoisotopic (exact) mass is 708 g/mol. The molecule has 14 nitrogen and oxygen atoms in total. The molecular formula is C26H47ClN2O12P2S. The number of ether oxygens (including phenoxy) is 2. The Morgan fingerprint density at radius 3 is 1.93 bits per heavy atom. The van der Waals surface area contributed by atoms with Gasteiger partial charge in [0, 0.05) is 52.0 Å². The molecule has 44 heavy (non-hydrogen) atoms. The van der Waals surface area contributed by atoms with Crippen molar-refractivity contribution >= 4 is 36.8 Å². The first kappa shape index (κ1) is 39.4. The zero-order chi connectivity index (χ0) is 33.1. The molecule has 0 amide bonds. The van der Waals surface area contributed by atoms with E-state index < -0.39 is 48.7 Å². The maximum Gasteiger partial charge on any atom is 0.347 e. The lowest BCUT2D eigenvalue weighted by Crippen LogP contribution is -2.44. The predicted octanol–water partition coefficient (Wildman–Crippen LogP) is 5.00. The highest BCUT2D eigenvalue weighted by Gasteiger charge is 2.52. The topological polar surface area (TPSA) is 171 Å². The smallest absolute Gasteiger partial charge is 0.347 e. The molecule has 0 aliphatic carbocycles. The van der Waals surface area contributed by atoms with Gasteiger partial charge in [0.25, 0.3) is 0 Å². The van der Waals surface area contributed by atoms with Crippen molar-refractivity contribution in [3.05, 3.63) is 22.7 Å². The van der Waals surface area contributed by atoms with Gasteiger partial charge in [-0.05, 0) is 46.6 Å². The average molecular weight is 709 g/mol. The molecule has 1 aromatic rings. The molecule has 256 valence electrons. The lowest BCUT2D eigenvalue weighted by atomic mass is 10.0. The number of rotatable bonds is 21. The Morgan fingerprint density at radius 1 is 0.932 bits per heavy atom. The van der Waals surface area contributed by atoms with Crippen molar-refractivity contribution in [2.24, 2.45) is 0 Å². The van der Waals surface area contributed by atoms with Gasteiger partial charge in [0.15, 0.2) is 11.7 Å². The molecule has 1 aliphatic rings. The number of aromatic hydroxyl groups is 2. The number of phenolic OH excluding ortho intramolecular Hbond substituents is 2. The quantitative estimate of drug-likeness (QED) is 0.129. The molecule has 0 radical (unpaired) electrons. The van der Waals surface area contributed by atoms with Crippen LogP contribution in [0, 0.1) is 0 Å². The number of hydrogen-bond donors (Lipinski definition) is 2. The largest absolute Gasteiger partial charge is 0.507 e. The lowest BCUT2D eigenvalue weighted by molar-refractivity contribution is -0.115. The number of sulfonamides is 1. The van der Waals surface area contributed by atoms with E-state index in [2.05, 4.69) is 0 Å². The highest BCUT2D eigenvalue weighted by Crippen LogP contribution is 2.70. The number of methoxy groups -OCH3 is 2. The highest BCUT2D eigenvalue weighted by molar-refractivity contribution is 7.89. The molecule has 0 saturated carbocycles. The first-order chi connectivity index (χ1) is 20.7. The fraction of sp³-hybridized carbons (Fsp3) is 0.769. The highest BCUT2D eigenvalue weighted by atomic mass is 35.5. The normalized spacial score (nSPS) is 17.0. The van der Waals surface area contributed by atoms with Gasteiger partial charge in [0.1, 0.15) is 11.5 Å². The second kappa shape index (κ2) is 17.9. The van der Waals surface area contributed by atoms with Crippen LogP contribution in [-0.4, -0.2) is 112 Å². The number of halogens is 1. The Balaban J connectivity index is 2.47. The lowest BCUT2D eigenvalue weighted by Gasteiger charge is -2.36. The van der Waals surface area contributed by atoms with Gasteiger partial charge in [0.05, 0.1) is 43.2 Å². The van der Waals surface area contributed by atoms with Crippen LogP contribution in [-0.2, 0) is 46.7 Å². The van der Waals surface area contributed by atoms with Crippen LogP contribution in [0.5, 0.6) is 11.5 Å². The molecule has 1 atom stereocenters. The maximum atomic E-state index is 14.1.